The Labute approximate surface area is 232 Å². The molecule has 1 fully saturated rings. The Hall–Kier alpha value is -4.25. The van der Waals surface area contributed by atoms with Crippen LogP contribution in [-0.2, 0) is 11.2 Å². The third-order valence-electron chi connectivity index (χ3n) is 7.56. The van der Waals surface area contributed by atoms with Crippen LogP contribution in [0, 0.1) is 6.92 Å². The predicted octanol–water partition coefficient (Wildman–Crippen LogP) is 6.34. The van der Waals surface area contributed by atoms with Gasteiger partial charge >= 0.3 is 0 Å². The summed E-state index contributed by atoms with van der Waals surface area (Å²) in [6.07, 6.45) is 8.57. The van der Waals surface area contributed by atoms with Crippen LogP contribution in [0.25, 0.3) is 5.70 Å². The number of rotatable bonds is 10. The first-order valence-electron chi connectivity index (χ1n) is 13.9. The molecule has 2 aliphatic rings. The lowest BCUT2D eigenvalue weighted by Crippen LogP contribution is -2.47. The molecule has 39 heavy (non-hydrogen) atoms. The highest BCUT2D eigenvalue weighted by molar-refractivity contribution is 6.06. The summed E-state index contributed by atoms with van der Waals surface area (Å²) in [5.41, 5.74) is 8.49. The van der Waals surface area contributed by atoms with Crippen molar-refractivity contribution in [3.05, 3.63) is 120 Å². The van der Waals surface area contributed by atoms with E-state index >= 15 is 0 Å². The molecular weight excluding hydrogens is 480 g/mol. The van der Waals surface area contributed by atoms with Gasteiger partial charge in [0.05, 0.1) is 11.4 Å². The van der Waals surface area contributed by atoms with Crippen molar-refractivity contribution in [2.75, 3.05) is 47.8 Å². The molecule has 0 unspecified atom stereocenters. The number of para-hydroxylation sites is 1. The molecular formula is C34H38N4O. The Morgan fingerprint density at radius 3 is 2.33 bits per heavy atom. The van der Waals surface area contributed by atoms with E-state index in [4.69, 9.17) is 0 Å². The molecule has 0 spiro atoms. The average Bonchev–Trinajstić information content (AvgIpc) is 3.52. The number of nitrogens with zero attached hydrogens (tertiary/aromatic N) is 2. The highest BCUT2D eigenvalue weighted by atomic mass is 16.1. The number of anilines is 3. The summed E-state index contributed by atoms with van der Waals surface area (Å²) in [6.45, 7) is 11.0. The number of allylic oxidation sites excluding steroid dienone is 3. The molecule has 0 bridgehead atoms. The van der Waals surface area contributed by atoms with Gasteiger partial charge in [0.15, 0.2) is 0 Å². The van der Waals surface area contributed by atoms with Crippen molar-refractivity contribution in [1.29, 1.82) is 0 Å². The number of hydrogen-bond donors (Lipinski definition) is 2. The predicted molar refractivity (Wildman–Crippen MR) is 164 cm³/mol. The van der Waals surface area contributed by atoms with Crippen molar-refractivity contribution in [2.24, 2.45) is 0 Å². The third-order valence-corrected chi connectivity index (χ3v) is 7.56. The van der Waals surface area contributed by atoms with Crippen molar-refractivity contribution < 1.29 is 4.79 Å². The first kappa shape index (κ1) is 26.4. The molecule has 1 aliphatic heterocycles. The molecule has 5 heteroatoms. The molecule has 3 aromatic carbocycles. The highest BCUT2D eigenvalue weighted by Crippen LogP contribution is 2.32. The summed E-state index contributed by atoms with van der Waals surface area (Å²) in [4.78, 5) is 17.9. The van der Waals surface area contributed by atoms with E-state index in [1.54, 1.807) is 0 Å². The van der Waals surface area contributed by atoms with Gasteiger partial charge in [0, 0.05) is 49.7 Å². The molecule has 1 aliphatic carbocycles. The zero-order valence-electron chi connectivity index (χ0n) is 22.8. The van der Waals surface area contributed by atoms with Gasteiger partial charge in [0.25, 0.3) is 5.91 Å². The summed E-state index contributed by atoms with van der Waals surface area (Å²) < 4.78 is 0. The zero-order chi connectivity index (χ0) is 27.0. The van der Waals surface area contributed by atoms with E-state index in [-0.39, 0.29) is 5.91 Å². The number of carbonyl (C=O) groups is 1. The van der Waals surface area contributed by atoms with Crippen molar-refractivity contribution in [2.45, 2.75) is 26.2 Å². The second-order valence-corrected chi connectivity index (χ2v) is 10.3. The summed E-state index contributed by atoms with van der Waals surface area (Å²) >= 11 is 0. The van der Waals surface area contributed by atoms with Crippen LogP contribution in [0.15, 0.2) is 103 Å². The van der Waals surface area contributed by atoms with Gasteiger partial charge in [-0.3, -0.25) is 4.79 Å². The van der Waals surface area contributed by atoms with Gasteiger partial charge in [0.1, 0.15) is 0 Å². The van der Waals surface area contributed by atoms with E-state index < -0.39 is 0 Å². The van der Waals surface area contributed by atoms with Crippen LogP contribution < -0.4 is 20.4 Å². The summed E-state index contributed by atoms with van der Waals surface area (Å²) in [5.74, 6) is -0.0432. The average molecular weight is 519 g/mol. The van der Waals surface area contributed by atoms with Crippen LogP contribution in [0.1, 0.15) is 29.5 Å². The monoisotopic (exact) mass is 518 g/mol. The van der Waals surface area contributed by atoms with Crippen LogP contribution in [0.4, 0.5) is 17.1 Å². The molecule has 1 amide bonds. The summed E-state index contributed by atoms with van der Waals surface area (Å²) in [7, 11) is 0. The molecule has 0 atom stereocenters. The maximum Gasteiger partial charge on any atom is 0.251 e. The molecule has 0 saturated carbocycles. The lowest BCUT2D eigenvalue weighted by atomic mass is 10.1. The minimum atomic E-state index is -0.0432. The Bertz CT molecular complexity index is 1370. The van der Waals surface area contributed by atoms with Crippen LogP contribution in [0.2, 0.25) is 0 Å². The maximum atomic E-state index is 13.1. The molecule has 2 N–H and O–H groups in total. The van der Waals surface area contributed by atoms with E-state index in [0.717, 1.165) is 73.8 Å². The van der Waals surface area contributed by atoms with Crippen LogP contribution in [0.3, 0.4) is 0 Å². The SMILES string of the molecule is C=C(NCCCc1ccccc1)c1ccc(N2CCN(c3ccccc3C)CC2)c(NC(=O)C2=CC=CC2)c1. The summed E-state index contributed by atoms with van der Waals surface area (Å²) in [6, 6.07) is 25.4. The normalized spacial score (nSPS) is 14.7. The molecule has 1 saturated heterocycles. The second-order valence-electron chi connectivity index (χ2n) is 10.3. The van der Waals surface area contributed by atoms with Gasteiger partial charge in [0.2, 0.25) is 0 Å². The molecule has 5 nitrogen and oxygen atoms in total. The Morgan fingerprint density at radius 1 is 0.897 bits per heavy atom. The number of aryl methyl sites for hydroxylation is 2. The summed E-state index contributed by atoms with van der Waals surface area (Å²) in [5, 5.41) is 6.70. The van der Waals surface area contributed by atoms with Gasteiger partial charge in [-0.15, -0.1) is 0 Å². The topological polar surface area (TPSA) is 47.6 Å². The fraction of sp³-hybridized carbons (Fsp3) is 0.265. The lowest BCUT2D eigenvalue weighted by molar-refractivity contribution is -0.112. The van der Waals surface area contributed by atoms with E-state index in [9.17, 15) is 4.79 Å². The quantitative estimate of drug-likeness (QED) is 0.308. The molecule has 0 radical (unpaired) electrons. The first-order valence-corrected chi connectivity index (χ1v) is 13.9. The van der Waals surface area contributed by atoms with Crippen LogP contribution in [-0.4, -0.2) is 38.6 Å². The highest BCUT2D eigenvalue weighted by Gasteiger charge is 2.22. The number of hydrogen-bond acceptors (Lipinski definition) is 4. The number of benzene rings is 3. The van der Waals surface area contributed by atoms with Crippen molar-refractivity contribution in [1.82, 2.24) is 5.32 Å². The maximum absolute atomic E-state index is 13.1. The van der Waals surface area contributed by atoms with Crippen LogP contribution >= 0.6 is 0 Å². The Kier molecular flexibility index (Phi) is 8.47. The zero-order valence-corrected chi connectivity index (χ0v) is 22.8. The third kappa shape index (κ3) is 6.61. The Morgan fingerprint density at radius 2 is 1.62 bits per heavy atom. The van der Waals surface area contributed by atoms with Crippen molar-refractivity contribution >= 4 is 28.7 Å². The smallest absolute Gasteiger partial charge is 0.251 e. The largest absolute Gasteiger partial charge is 0.385 e. The number of carbonyl (C=O) groups excluding carboxylic acids is 1. The molecule has 3 aromatic rings. The number of piperazine rings is 1. The Balaban J connectivity index is 1.27. The standard InChI is InChI=1S/C34H38N4O/c1-26-11-6-9-17-32(26)37-21-23-38(24-22-37)33-19-18-30(25-31(33)36-34(39)29-15-7-8-16-29)27(2)35-20-10-14-28-12-4-3-5-13-28/h3-9,11-13,15,17-19,25,35H,2,10,14,16,20-24H2,1H3,(H,36,39). The minimum Gasteiger partial charge on any atom is -0.385 e. The lowest BCUT2D eigenvalue weighted by Gasteiger charge is -2.38. The van der Waals surface area contributed by atoms with Gasteiger partial charge in [-0.2, -0.15) is 0 Å². The van der Waals surface area contributed by atoms with Gasteiger partial charge in [-0.05, 0) is 61.1 Å². The number of nitrogens with one attached hydrogen (secondary N) is 2. The van der Waals surface area contributed by atoms with Gasteiger partial charge in [-0.1, -0.05) is 79.4 Å². The molecule has 5 rings (SSSR count). The van der Waals surface area contributed by atoms with Gasteiger partial charge < -0.3 is 20.4 Å². The van der Waals surface area contributed by atoms with Crippen molar-refractivity contribution in [3.63, 3.8) is 0 Å². The van der Waals surface area contributed by atoms with E-state index in [2.05, 4.69) is 101 Å². The first-order chi connectivity index (χ1) is 19.1. The van der Waals surface area contributed by atoms with Crippen LogP contribution in [0.5, 0.6) is 0 Å². The fourth-order valence-electron chi connectivity index (χ4n) is 5.30. The van der Waals surface area contributed by atoms with E-state index in [0.29, 0.717) is 6.42 Å². The van der Waals surface area contributed by atoms with E-state index in [1.165, 1.54) is 16.8 Å². The fourth-order valence-corrected chi connectivity index (χ4v) is 5.30. The van der Waals surface area contributed by atoms with Gasteiger partial charge in [-0.25, -0.2) is 0 Å². The second kappa shape index (κ2) is 12.5. The molecule has 1 heterocycles. The molecule has 0 aromatic heterocycles. The number of amides is 1. The minimum absolute atomic E-state index is 0.0432. The van der Waals surface area contributed by atoms with Crippen molar-refractivity contribution in [3.8, 4) is 0 Å². The molecule has 200 valence electrons. The van der Waals surface area contributed by atoms with E-state index in [1.807, 2.05) is 24.3 Å².